The standard InChI is InChI=1S/C16H13F2N5O/c1-10-20-21-22-23(10)14-4-2-3-13(9-14)19-16(24)8-11-7-12(17)5-6-15(11)18/h2-7,9H,8H2,1H3,(H,19,24). The number of nitrogens with one attached hydrogen (secondary N) is 1. The number of carbonyl (C=O) groups is 1. The van der Waals surface area contributed by atoms with Crippen molar-refractivity contribution in [3.63, 3.8) is 0 Å². The van der Waals surface area contributed by atoms with Crippen LogP contribution < -0.4 is 5.32 Å². The Morgan fingerprint density at radius 3 is 2.79 bits per heavy atom. The molecule has 8 heteroatoms. The fraction of sp³-hybridized carbons (Fsp3) is 0.125. The van der Waals surface area contributed by atoms with Crippen LogP contribution in [-0.2, 0) is 11.2 Å². The first-order valence-corrected chi connectivity index (χ1v) is 7.12. The number of rotatable bonds is 4. The van der Waals surface area contributed by atoms with E-state index in [1.807, 2.05) is 0 Å². The molecule has 3 aromatic rings. The molecule has 0 saturated carbocycles. The van der Waals surface area contributed by atoms with Gasteiger partial charge in [-0.25, -0.2) is 8.78 Å². The van der Waals surface area contributed by atoms with Gasteiger partial charge in [-0.05, 0) is 53.7 Å². The molecule has 122 valence electrons. The second-order valence-corrected chi connectivity index (χ2v) is 5.15. The molecule has 0 fully saturated rings. The summed E-state index contributed by atoms with van der Waals surface area (Å²) in [4.78, 5) is 12.1. The predicted octanol–water partition coefficient (Wildman–Crippen LogP) is 2.43. The van der Waals surface area contributed by atoms with E-state index in [1.54, 1.807) is 31.2 Å². The summed E-state index contributed by atoms with van der Waals surface area (Å²) < 4.78 is 28.3. The van der Waals surface area contributed by atoms with Crippen LogP contribution in [0.3, 0.4) is 0 Å². The number of hydrogen-bond donors (Lipinski definition) is 1. The number of hydrogen-bond acceptors (Lipinski definition) is 4. The molecule has 1 amide bonds. The number of nitrogens with zero attached hydrogens (tertiary/aromatic N) is 4. The molecule has 24 heavy (non-hydrogen) atoms. The summed E-state index contributed by atoms with van der Waals surface area (Å²) >= 11 is 0. The Morgan fingerprint density at radius 2 is 2.04 bits per heavy atom. The second-order valence-electron chi connectivity index (χ2n) is 5.15. The Kier molecular flexibility index (Phi) is 4.28. The zero-order valence-corrected chi connectivity index (χ0v) is 12.7. The average Bonchev–Trinajstić information content (AvgIpc) is 2.97. The highest BCUT2D eigenvalue weighted by Crippen LogP contribution is 2.16. The first-order chi connectivity index (χ1) is 11.5. The third-order valence-electron chi connectivity index (χ3n) is 3.36. The van der Waals surface area contributed by atoms with E-state index < -0.39 is 17.5 Å². The van der Waals surface area contributed by atoms with Crippen molar-refractivity contribution in [1.29, 1.82) is 0 Å². The van der Waals surface area contributed by atoms with Crippen molar-refractivity contribution in [2.45, 2.75) is 13.3 Å². The van der Waals surface area contributed by atoms with Crippen LogP contribution in [0, 0.1) is 18.6 Å². The van der Waals surface area contributed by atoms with Crippen molar-refractivity contribution in [2.24, 2.45) is 0 Å². The molecule has 0 aliphatic rings. The highest BCUT2D eigenvalue weighted by Gasteiger charge is 2.11. The molecule has 6 nitrogen and oxygen atoms in total. The summed E-state index contributed by atoms with van der Waals surface area (Å²) in [5.74, 6) is -1.06. The van der Waals surface area contributed by atoms with Gasteiger partial charge in [-0.15, -0.1) is 5.10 Å². The van der Waals surface area contributed by atoms with Gasteiger partial charge in [0.25, 0.3) is 0 Å². The maximum Gasteiger partial charge on any atom is 0.228 e. The van der Waals surface area contributed by atoms with Crippen LogP contribution in [-0.4, -0.2) is 26.1 Å². The van der Waals surface area contributed by atoms with Gasteiger partial charge in [-0.1, -0.05) is 6.07 Å². The lowest BCUT2D eigenvalue weighted by molar-refractivity contribution is -0.115. The quantitative estimate of drug-likeness (QED) is 0.798. The molecule has 3 rings (SSSR count). The molecule has 1 heterocycles. The Bertz CT molecular complexity index is 894. The molecule has 0 aliphatic heterocycles. The molecule has 2 aromatic carbocycles. The van der Waals surface area contributed by atoms with E-state index in [0.717, 1.165) is 18.2 Å². The van der Waals surface area contributed by atoms with Crippen LogP contribution in [0.4, 0.5) is 14.5 Å². The maximum absolute atomic E-state index is 13.6. The summed E-state index contributed by atoms with van der Waals surface area (Å²) in [6.07, 6.45) is -0.266. The minimum Gasteiger partial charge on any atom is -0.326 e. The Hall–Kier alpha value is -3.16. The molecule has 0 spiro atoms. The topological polar surface area (TPSA) is 72.7 Å². The number of halogens is 2. The SMILES string of the molecule is Cc1nnnn1-c1cccc(NC(=O)Cc2cc(F)ccc2F)c1. The molecule has 0 unspecified atom stereocenters. The van der Waals surface area contributed by atoms with E-state index >= 15 is 0 Å². The lowest BCUT2D eigenvalue weighted by atomic mass is 10.1. The largest absolute Gasteiger partial charge is 0.326 e. The van der Waals surface area contributed by atoms with Crippen molar-refractivity contribution in [2.75, 3.05) is 5.32 Å². The predicted molar refractivity (Wildman–Crippen MR) is 82.6 cm³/mol. The summed E-state index contributed by atoms with van der Waals surface area (Å²) in [7, 11) is 0. The van der Waals surface area contributed by atoms with E-state index in [4.69, 9.17) is 0 Å². The molecule has 0 saturated heterocycles. The van der Waals surface area contributed by atoms with Gasteiger partial charge in [-0.2, -0.15) is 4.68 Å². The van der Waals surface area contributed by atoms with Gasteiger partial charge in [0.1, 0.15) is 11.6 Å². The van der Waals surface area contributed by atoms with E-state index in [1.165, 1.54) is 4.68 Å². The third kappa shape index (κ3) is 3.43. The van der Waals surface area contributed by atoms with Gasteiger partial charge in [0.05, 0.1) is 12.1 Å². The second kappa shape index (κ2) is 6.53. The Labute approximate surface area is 136 Å². The Morgan fingerprint density at radius 1 is 1.21 bits per heavy atom. The first-order valence-electron chi connectivity index (χ1n) is 7.12. The number of anilines is 1. The number of aryl methyl sites for hydroxylation is 1. The van der Waals surface area contributed by atoms with Crippen molar-refractivity contribution < 1.29 is 13.6 Å². The Balaban J connectivity index is 1.75. The van der Waals surface area contributed by atoms with Crippen LogP contribution in [0.5, 0.6) is 0 Å². The van der Waals surface area contributed by atoms with E-state index in [-0.39, 0.29) is 12.0 Å². The smallest absolute Gasteiger partial charge is 0.228 e. The summed E-state index contributed by atoms with van der Waals surface area (Å²) in [6, 6.07) is 9.90. The molecule has 0 bridgehead atoms. The zero-order valence-electron chi connectivity index (χ0n) is 12.7. The van der Waals surface area contributed by atoms with Crippen LogP contribution in [0.1, 0.15) is 11.4 Å². The summed E-state index contributed by atoms with van der Waals surface area (Å²) in [5.41, 5.74) is 1.18. The average molecular weight is 329 g/mol. The van der Waals surface area contributed by atoms with Crippen LogP contribution in [0.2, 0.25) is 0 Å². The molecular formula is C16H13F2N5O. The number of benzene rings is 2. The summed E-state index contributed by atoms with van der Waals surface area (Å²) in [6.45, 7) is 1.75. The van der Waals surface area contributed by atoms with Crippen molar-refractivity contribution >= 4 is 11.6 Å². The normalized spacial score (nSPS) is 10.6. The van der Waals surface area contributed by atoms with Crippen LogP contribution >= 0.6 is 0 Å². The third-order valence-corrected chi connectivity index (χ3v) is 3.36. The molecular weight excluding hydrogens is 316 g/mol. The number of aromatic nitrogens is 4. The number of carbonyl (C=O) groups excluding carboxylic acids is 1. The minimum atomic E-state index is -0.621. The molecule has 0 radical (unpaired) electrons. The first kappa shape index (κ1) is 15.7. The van der Waals surface area contributed by atoms with Gasteiger partial charge >= 0.3 is 0 Å². The van der Waals surface area contributed by atoms with Crippen molar-refractivity contribution in [3.8, 4) is 5.69 Å². The monoisotopic (exact) mass is 329 g/mol. The maximum atomic E-state index is 13.6. The highest BCUT2D eigenvalue weighted by atomic mass is 19.1. The lowest BCUT2D eigenvalue weighted by Gasteiger charge is -2.08. The van der Waals surface area contributed by atoms with Gasteiger partial charge in [0, 0.05) is 11.3 Å². The highest BCUT2D eigenvalue weighted by molar-refractivity contribution is 5.92. The summed E-state index contributed by atoms with van der Waals surface area (Å²) in [5, 5.41) is 13.9. The lowest BCUT2D eigenvalue weighted by Crippen LogP contribution is -2.15. The molecule has 1 aromatic heterocycles. The van der Waals surface area contributed by atoms with Gasteiger partial charge in [0.15, 0.2) is 5.82 Å². The van der Waals surface area contributed by atoms with E-state index in [2.05, 4.69) is 20.8 Å². The number of tetrazole rings is 1. The van der Waals surface area contributed by atoms with Crippen molar-refractivity contribution in [3.05, 3.63) is 65.5 Å². The minimum absolute atomic E-state index is 0.0000229. The fourth-order valence-electron chi connectivity index (χ4n) is 2.24. The molecule has 1 N–H and O–H groups in total. The van der Waals surface area contributed by atoms with Gasteiger partial charge in [0.2, 0.25) is 5.91 Å². The molecule has 0 atom stereocenters. The van der Waals surface area contributed by atoms with Gasteiger partial charge in [-0.3, -0.25) is 4.79 Å². The van der Waals surface area contributed by atoms with Crippen LogP contribution in [0.15, 0.2) is 42.5 Å². The fourth-order valence-corrected chi connectivity index (χ4v) is 2.24. The van der Waals surface area contributed by atoms with Crippen LogP contribution in [0.25, 0.3) is 5.69 Å². The zero-order chi connectivity index (χ0) is 17.1. The van der Waals surface area contributed by atoms with Gasteiger partial charge < -0.3 is 5.32 Å². The van der Waals surface area contributed by atoms with Crippen molar-refractivity contribution in [1.82, 2.24) is 20.2 Å². The molecule has 0 aliphatic carbocycles. The van der Waals surface area contributed by atoms with E-state index in [0.29, 0.717) is 17.2 Å². The number of amides is 1. The van der Waals surface area contributed by atoms with E-state index in [9.17, 15) is 13.6 Å².